The van der Waals surface area contributed by atoms with E-state index >= 15 is 0 Å². The number of nitrogen functional groups attached to an aromatic ring is 1. The summed E-state index contributed by atoms with van der Waals surface area (Å²) in [6.07, 6.45) is 1.90. The Morgan fingerprint density at radius 3 is 2.10 bits per heavy atom. The van der Waals surface area contributed by atoms with E-state index in [0.29, 0.717) is 17.9 Å². The van der Waals surface area contributed by atoms with Crippen LogP contribution in [0.3, 0.4) is 0 Å². The number of ether oxygens (including phenoxy) is 4. The second kappa shape index (κ2) is 11.2. The summed E-state index contributed by atoms with van der Waals surface area (Å²) in [5.74, 6) is 1.89. The van der Waals surface area contributed by atoms with Gasteiger partial charge in [-0.05, 0) is 47.0 Å². The van der Waals surface area contributed by atoms with Crippen molar-refractivity contribution in [3.8, 4) is 11.5 Å². The number of rotatable bonds is 9. The van der Waals surface area contributed by atoms with Gasteiger partial charge in [-0.15, -0.1) is 0 Å². The highest BCUT2D eigenvalue weighted by molar-refractivity contribution is 5.86. The second-order valence-electron chi connectivity index (χ2n) is 9.97. The van der Waals surface area contributed by atoms with Crippen LogP contribution in [0.15, 0.2) is 97.5 Å². The maximum absolute atomic E-state index is 11.1. The number of methoxy groups -OCH3 is 2. The van der Waals surface area contributed by atoms with Gasteiger partial charge in [0.25, 0.3) is 0 Å². The van der Waals surface area contributed by atoms with Crippen LogP contribution in [-0.4, -0.2) is 52.7 Å². The van der Waals surface area contributed by atoms with Crippen LogP contribution < -0.4 is 15.2 Å². The minimum Gasteiger partial charge on any atom is -0.497 e. The third-order valence-electron chi connectivity index (χ3n) is 7.69. The lowest BCUT2D eigenvalue weighted by molar-refractivity contribution is -0.0930. The van der Waals surface area contributed by atoms with Gasteiger partial charge in [0, 0.05) is 12.6 Å². The van der Waals surface area contributed by atoms with Crippen LogP contribution in [-0.2, 0) is 15.1 Å². The Hall–Kier alpha value is -4.44. The quantitative estimate of drug-likeness (QED) is 0.253. The summed E-state index contributed by atoms with van der Waals surface area (Å²) < 4.78 is 26.1. The molecule has 3 atom stereocenters. The summed E-state index contributed by atoms with van der Waals surface area (Å²) in [6, 6.07) is 27.6. The standard InChI is InChI=1S/C32H32N4O5/c1-38-24-12-8-22(9-13-24)32(21-6-4-3-5-7-21,23-10-14-25(39-2)15-11-23)40-19-28-27(37)18-29(41-28)36-17-16-26-30(33)34-20-35-31(26)36/h3-17,20,27-29,37H,18-19H2,1-2H3,(H2,33,34,35)/t27-,28+,29+/m0/s1. The summed E-state index contributed by atoms with van der Waals surface area (Å²) in [5.41, 5.74) is 8.42. The molecule has 2 aromatic heterocycles. The summed E-state index contributed by atoms with van der Waals surface area (Å²) in [5, 5.41) is 11.9. The molecule has 9 heteroatoms. The van der Waals surface area contributed by atoms with E-state index in [0.717, 1.165) is 33.6 Å². The van der Waals surface area contributed by atoms with Gasteiger partial charge in [-0.1, -0.05) is 54.6 Å². The van der Waals surface area contributed by atoms with Gasteiger partial charge in [0.2, 0.25) is 0 Å². The van der Waals surface area contributed by atoms with Crippen LogP contribution >= 0.6 is 0 Å². The molecule has 1 aliphatic rings. The molecule has 1 saturated heterocycles. The molecule has 0 amide bonds. The highest BCUT2D eigenvalue weighted by Gasteiger charge is 2.42. The monoisotopic (exact) mass is 552 g/mol. The van der Waals surface area contributed by atoms with E-state index in [2.05, 4.69) is 9.97 Å². The van der Waals surface area contributed by atoms with Gasteiger partial charge >= 0.3 is 0 Å². The van der Waals surface area contributed by atoms with E-state index in [-0.39, 0.29) is 6.61 Å². The van der Waals surface area contributed by atoms with Gasteiger partial charge in [0.15, 0.2) is 0 Å². The molecule has 1 aliphatic heterocycles. The maximum Gasteiger partial charge on any atom is 0.147 e. The second-order valence-corrected chi connectivity index (χ2v) is 9.97. The average Bonchev–Trinajstić information content (AvgIpc) is 3.62. The van der Waals surface area contributed by atoms with Crippen molar-refractivity contribution in [3.63, 3.8) is 0 Å². The molecule has 9 nitrogen and oxygen atoms in total. The van der Waals surface area contributed by atoms with E-state index in [9.17, 15) is 5.11 Å². The van der Waals surface area contributed by atoms with Gasteiger partial charge < -0.3 is 34.4 Å². The topological polar surface area (TPSA) is 114 Å². The molecule has 0 aliphatic carbocycles. The van der Waals surface area contributed by atoms with Crippen LogP contribution in [0, 0.1) is 0 Å². The molecular formula is C32H32N4O5. The smallest absolute Gasteiger partial charge is 0.147 e. The Kier molecular flexibility index (Phi) is 7.32. The van der Waals surface area contributed by atoms with Crippen LogP contribution in [0.1, 0.15) is 29.3 Å². The molecule has 0 saturated carbocycles. The first-order valence-electron chi connectivity index (χ1n) is 13.4. The Morgan fingerprint density at radius 2 is 1.49 bits per heavy atom. The first-order valence-corrected chi connectivity index (χ1v) is 13.4. The first-order chi connectivity index (χ1) is 20.0. The van der Waals surface area contributed by atoms with Crippen molar-refractivity contribution in [1.29, 1.82) is 0 Å². The van der Waals surface area contributed by atoms with E-state index in [4.69, 9.17) is 24.7 Å². The minimum absolute atomic E-state index is 0.126. The normalized spacial score (nSPS) is 19.0. The molecule has 0 bridgehead atoms. The zero-order valence-corrected chi connectivity index (χ0v) is 22.9. The highest BCUT2D eigenvalue weighted by Crippen LogP contribution is 2.43. The lowest BCUT2D eigenvalue weighted by Crippen LogP contribution is -2.38. The van der Waals surface area contributed by atoms with E-state index in [1.54, 1.807) is 14.2 Å². The molecular weight excluding hydrogens is 520 g/mol. The molecule has 1 fully saturated rings. The van der Waals surface area contributed by atoms with E-state index in [1.165, 1.54) is 6.33 Å². The summed E-state index contributed by atoms with van der Waals surface area (Å²) >= 11 is 0. The number of anilines is 1. The van der Waals surface area contributed by atoms with Gasteiger partial charge in [-0.25, -0.2) is 9.97 Å². The highest BCUT2D eigenvalue weighted by atomic mass is 16.6. The van der Waals surface area contributed by atoms with Crippen molar-refractivity contribution < 1.29 is 24.1 Å². The summed E-state index contributed by atoms with van der Waals surface area (Å²) in [6.45, 7) is 0.126. The number of fused-ring (bicyclic) bond motifs is 1. The Labute approximate surface area is 238 Å². The maximum atomic E-state index is 11.1. The summed E-state index contributed by atoms with van der Waals surface area (Å²) in [4.78, 5) is 8.46. The largest absolute Gasteiger partial charge is 0.497 e. The molecule has 0 radical (unpaired) electrons. The molecule has 210 valence electrons. The Bertz CT molecular complexity index is 1560. The van der Waals surface area contributed by atoms with E-state index < -0.39 is 24.0 Å². The van der Waals surface area contributed by atoms with Crippen LogP contribution in [0.25, 0.3) is 11.0 Å². The third-order valence-corrected chi connectivity index (χ3v) is 7.69. The van der Waals surface area contributed by atoms with Crippen molar-refractivity contribution >= 4 is 16.9 Å². The van der Waals surface area contributed by atoms with Gasteiger partial charge in [-0.3, -0.25) is 0 Å². The van der Waals surface area contributed by atoms with Crippen molar-refractivity contribution in [1.82, 2.24) is 14.5 Å². The molecule has 0 spiro atoms. The van der Waals surface area contributed by atoms with Gasteiger partial charge in [0.05, 0.1) is 32.3 Å². The number of hydrogen-bond acceptors (Lipinski definition) is 8. The number of nitrogens with zero attached hydrogens (tertiary/aromatic N) is 3. The van der Waals surface area contributed by atoms with Crippen molar-refractivity contribution in [2.45, 2.75) is 30.5 Å². The van der Waals surface area contributed by atoms with Gasteiger partial charge in [-0.2, -0.15) is 0 Å². The fourth-order valence-electron chi connectivity index (χ4n) is 5.54. The van der Waals surface area contributed by atoms with Crippen molar-refractivity contribution in [2.75, 3.05) is 26.6 Å². The Balaban J connectivity index is 1.37. The molecule has 6 rings (SSSR count). The first kappa shape index (κ1) is 26.8. The van der Waals surface area contributed by atoms with Crippen molar-refractivity contribution in [2.24, 2.45) is 0 Å². The fraction of sp³-hybridized carbons (Fsp3) is 0.250. The molecule has 0 unspecified atom stereocenters. The Morgan fingerprint density at radius 1 is 0.878 bits per heavy atom. The van der Waals surface area contributed by atoms with Crippen molar-refractivity contribution in [3.05, 3.63) is 114 Å². The fourth-order valence-corrected chi connectivity index (χ4v) is 5.54. The average molecular weight is 553 g/mol. The molecule has 3 heterocycles. The number of aromatic nitrogens is 3. The zero-order chi connectivity index (χ0) is 28.4. The number of aliphatic hydroxyl groups is 1. The van der Waals surface area contributed by atoms with Crippen LogP contribution in [0.5, 0.6) is 11.5 Å². The van der Waals surface area contributed by atoms with Crippen LogP contribution in [0.2, 0.25) is 0 Å². The SMILES string of the molecule is COc1ccc(C(OC[C@H]2O[C@@H](n3ccc4c(N)ncnc43)C[C@@H]2O)(c2ccccc2)c2ccc(OC)cc2)cc1. The molecule has 41 heavy (non-hydrogen) atoms. The predicted molar refractivity (Wildman–Crippen MR) is 155 cm³/mol. The van der Waals surface area contributed by atoms with E-state index in [1.807, 2.05) is 95.7 Å². The zero-order valence-electron chi connectivity index (χ0n) is 22.9. The lowest BCUT2D eigenvalue weighted by Gasteiger charge is -2.37. The minimum atomic E-state index is -1.01. The number of nitrogens with two attached hydrogens (primary N) is 1. The van der Waals surface area contributed by atoms with Crippen LogP contribution in [0.4, 0.5) is 5.82 Å². The lowest BCUT2D eigenvalue weighted by atomic mass is 9.80. The summed E-state index contributed by atoms with van der Waals surface area (Å²) in [7, 11) is 3.28. The predicted octanol–water partition coefficient (Wildman–Crippen LogP) is 4.69. The third kappa shape index (κ3) is 4.88. The number of aliphatic hydroxyl groups excluding tert-OH is 1. The molecule has 5 aromatic rings. The molecule has 3 aromatic carbocycles. The number of benzene rings is 3. The van der Waals surface area contributed by atoms with Gasteiger partial charge in [0.1, 0.15) is 47.2 Å². The number of hydrogen-bond donors (Lipinski definition) is 2. The molecule has 3 N–H and O–H groups in total.